The smallest absolute Gasteiger partial charge is 0.265 e. The van der Waals surface area contributed by atoms with E-state index in [1.807, 2.05) is 31.7 Å². The van der Waals surface area contributed by atoms with Crippen LogP contribution in [0.25, 0.3) is 5.52 Å². The van der Waals surface area contributed by atoms with Gasteiger partial charge in [0.2, 0.25) is 0 Å². The van der Waals surface area contributed by atoms with Crippen molar-refractivity contribution in [3.05, 3.63) is 65.5 Å². The predicted octanol–water partition coefficient (Wildman–Crippen LogP) is 5.13. The van der Waals surface area contributed by atoms with E-state index in [2.05, 4.69) is 9.82 Å². The Morgan fingerprint density at radius 3 is 2.80 bits per heavy atom. The van der Waals surface area contributed by atoms with Crippen molar-refractivity contribution in [2.24, 2.45) is 0 Å². The first kappa shape index (κ1) is 20.7. The Morgan fingerprint density at radius 1 is 1.27 bits per heavy atom. The number of rotatable bonds is 4. The van der Waals surface area contributed by atoms with Gasteiger partial charge in [0, 0.05) is 17.5 Å². The molecular weight excluding hydrogens is 406 g/mol. The fraction of sp³-hybridized carbons (Fsp3) is 0.364. The molecule has 8 heteroatoms. The Bertz CT molecular complexity index is 1090. The van der Waals surface area contributed by atoms with Crippen molar-refractivity contribution in [1.29, 1.82) is 0 Å². The summed E-state index contributed by atoms with van der Waals surface area (Å²) in [6.07, 6.45) is 4.72. The number of amides is 1. The Labute approximate surface area is 178 Å². The molecule has 1 unspecified atom stereocenters. The SMILES string of the molecule is CC(C)(C)SNC(=O)c1cnn2ccc(N3CCCC3c3cccc(F)c3)c(F)c12. The Balaban J connectivity index is 1.70. The molecule has 3 aromatic rings. The molecule has 158 valence electrons. The Hall–Kier alpha value is -2.61. The summed E-state index contributed by atoms with van der Waals surface area (Å²) >= 11 is 1.28. The van der Waals surface area contributed by atoms with Crippen LogP contribution in [-0.2, 0) is 0 Å². The molecule has 1 aromatic carbocycles. The molecule has 1 atom stereocenters. The molecule has 0 radical (unpaired) electrons. The van der Waals surface area contributed by atoms with Crippen molar-refractivity contribution in [3.63, 3.8) is 0 Å². The second-order valence-corrected chi connectivity index (χ2v) is 10.1. The van der Waals surface area contributed by atoms with E-state index in [-0.39, 0.29) is 33.6 Å². The van der Waals surface area contributed by atoms with Crippen LogP contribution in [0.4, 0.5) is 14.5 Å². The molecule has 1 amide bonds. The Kier molecular flexibility index (Phi) is 5.44. The summed E-state index contributed by atoms with van der Waals surface area (Å²) in [6.45, 7) is 6.59. The molecule has 1 N–H and O–H groups in total. The largest absolute Gasteiger partial charge is 0.362 e. The molecule has 0 spiro atoms. The van der Waals surface area contributed by atoms with Gasteiger partial charge < -0.3 is 4.90 Å². The summed E-state index contributed by atoms with van der Waals surface area (Å²) in [7, 11) is 0. The maximum absolute atomic E-state index is 15.7. The quantitative estimate of drug-likeness (QED) is 0.583. The number of benzene rings is 1. The van der Waals surface area contributed by atoms with Gasteiger partial charge in [-0.3, -0.25) is 9.52 Å². The van der Waals surface area contributed by atoms with Crippen molar-refractivity contribution < 1.29 is 13.6 Å². The van der Waals surface area contributed by atoms with Gasteiger partial charge in [0.05, 0.1) is 23.5 Å². The van der Waals surface area contributed by atoms with Crippen molar-refractivity contribution in [1.82, 2.24) is 14.3 Å². The fourth-order valence-corrected chi connectivity index (χ4v) is 4.30. The molecule has 4 rings (SSSR count). The molecule has 1 fully saturated rings. The van der Waals surface area contributed by atoms with Crippen LogP contribution < -0.4 is 9.62 Å². The van der Waals surface area contributed by atoms with E-state index in [4.69, 9.17) is 0 Å². The molecule has 3 heterocycles. The lowest BCUT2D eigenvalue weighted by atomic mass is 10.0. The number of anilines is 1. The number of carbonyl (C=O) groups is 1. The minimum Gasteiger partial charge on any atom is -0.362 e. The first-order chi connectivity index (χ1) is 14.2. The van der Waals surface area contributed by atoms with E-state index < -0.39 is 5.82 Å². The number of pyridine rings is 1. The summed E-state index contributed by atoms with van der Waals surface area (Å²) in [5, 5.41) is 4.14. The molecule has 1 aliphatic rings. The third kappa shape index (κ3) is 4.01. The van der Waals surface area contributed by atoms with E-state index in [1.54, 1.807) is 18.3 Å². The summed E-state index contributed by atoms with van der Waals surface area (Å²) in [4.78, 5) is 14.6. The minimum atomic E-state index is -0.496. The van der Waals surface area contributed by atoms with Crippen LogP contribution >= 0.6 is 11.9 Å². The number of nitrogens with zero attached hydrogens (tertiary/aromatic N) is 3. The lowest BCUT2D eigenvalue weighted by Gasteiger charge is -2.28. The standard InChI is InChI=1S/C22H24F2N4OS/c1-22(2,3)30-26-21(29)16-13-25-28-11-9-18(19(24)20(16)28)27-10-5-8-17(27)14-6-4-7-15(23)12-14/h4,6-7,9,11-13,17H,5,8,10H2,1-3H3,(H,26,29). The molecule has 5 nitrogen and oxygen atoms in total. The van der Waals surface area contributed by atoms with Gasteiger partial charge >= 0.3 is 0 Å². The zero-order valence-corrected chi connectivity index (χ0v) is 18.0. The maximum Gasteiger partial charge on any atom is 0.265 e. The van der Waals surface area contributed by atoms with Gasteiger partial charge in [-0.1, -0.05) is 12.1 Å². The number of hydrogen-bond acceptors (Lipinski definition) is 4. The zero-order valence-electron chi connectivity index (χ0n) is 17.2. The van der Waals surface area contributed by atoms with Crippen LogP contribution in [-0.4, -0.2) is 26.8 Å². The predicted molar refractivity (Wildman–Crippen MR) is 116 cm³/mol. The van der Waals surface area contributed by atoms with Gasteiger partial charge in [-0.05, 0) is 69.3 Å². The fourth-order valence-electron chi connectivity index (χ4n) is 3.79. The number of fused-ring (bicyclic) bond motifs is 1. The topological polar surface area (TPSA) is 49.6 Å². The molecule has 30 heavy (non-hydrogen) atoms. The zero-order chi connectivity index (χ0) is 21.5. The first-order valence-corrected chi connectivity index (χ1v) is 10.7. The highest BCUT2D eigenvalue weighted by molar-refractivity contribution is 7.99. The lowest BCUT2D eigenvalue weighted by Crippen LogP contribution is -2.25. The van der Waals surface area contributed by atoms with E-state index in [1.165, 1.54) is 34.8 Å². The number of halogens is 2. The van der Waals surface area contributed by atoms with Gasteiger partial charge in [0.25, 0.3) is 5.91 Å². The van der Waals surface area contributed by atoms with E-state index in [0.29, 0.717) is 12.2 Å². The highest BCUT2D eigenvalue weighted by Crippen LogP contribution is 2.38. The molecular formula is C22H24F2N4OS. The number of carbonyl (C=O) groups excluding carboxylic acids is 1. The summed E-state index contributed by atoms with van der Waals surface area (Å²) in [6, 6.07) is 7.99. The van der Waals surface area contributed by atoms with E-state index >= 15 is 4.39 Å². The Morgan fingerprint density at radius 2 is 2.07 bits per heavy atom. The molecule has 2 aromatic heterocycles. The van der Waals surface area contributed by atoms with Crippen LogP contribution in [0.15, 0.2) is 42.7 Å². The van der Waals surface area contributed by atoms with Crippen LogP contribution in [0.5, 0.6) is 0 Å². The second kappa shape index (κ2) is 7.91. The monoisotopic (exact) mass is 430 g/mol. The van der Waals surface area contributed by atoms with Crippen LogP contribution in [0.2, 0.25) is 0 Å². The highest BCUT2D eigenvalue weighted by atomic mass is 32.2. The van der Waals surface area contributed by atoms with Crippen LogP contribution in [0.3, 0.4) is 0 Å². The third-order valence-electron chi connectivity index (χ3n) is 5.09. The van der Waals surface area contributed by atoms with Gasteiger partial charge in [-0.2, -0.15) is 5.10 Å². The van der Waals surface area contributed by atoms with Gasteiger partial charge in [0.1, 0.15) is 11.3 Å². The normalized spacial score (nSPS) is 17.0. The summed E-state index contributed by atoms with van der Waals surface area (Å²) < 4.78 is 33.4. The summed E-state index contributed by atoms with van der Waals surface area (Å²) in [5.74, 6) is -1.19. The van der Waals surface area contributed by atoms with Crippen molar-refractivity contribution in [3.8, 4) is 0 Å². The number of nitrogens with one attached hydrogen (secondary N) is 1. The molecule has 0 bridgehead atoms. The number of hydrogen-bond donors (Lipinski definition) is 1. The second-order valence-electron chi connectivity index (χ2n) is 8.42. The minimum absolute atomic E-state index is 0.116. The van der Waals surface area contributed by atoms with Crippen molar-refractivity contribution in [2.45, 2.75) is 44.4 Å². The number of aromatic nitrogens is 2. The third-order valence-corrected chi connectivity index (χ3v) is 5.99. The maximum atomic E-state index is 15.7. The van der Waals surface area contributed by atoms with E-state index in [0.717, 1.165) is 18.4 Å². The highest BCUT2D eigenvalue weighted by Gasteiger charge is 2.30. The average Bonchev–Trinajstić information content (AvgIpc) is 3.33. The van der Waals surface area contributed by atoms with Crippen LogP contribution in [0, 0.1) is 11.6 Å². The van der Waals surface area contributed by atoms with Gasteiger partial charge in [0.15, 0.2) is 5.82 Å². The molecule has 1 saturated heterocycles. The molecule has 1 aliphatic heterocycles. The van der Waals surface area contributed by atoms with Crippen molar-refractivity contribution in [2.75, 3.05) is 11.4 Å². The van der Waals surface area contributed by atoms with Gasteiger partial charge in [-0.15, -0.1) is 0 Å². The lowest BCUT2D eigenvalue weighted by molar-refractivity contribution is 0.0985. The van der Waals surface area contributed by atoms with Crippen LogP contribution in [0.1, 0.15) is 55.6 Å². The van der Waals surface area contributed by atoms with E-state index in [9.17, 15) is 9.18 Å². The van der Waals surface area contributed by atoms with Gasteiger partial charge in [-0.25, -0.2) is 13.3 Å². The van der Waals surface area contributed by atoms with Crippen molar-refractivity contribution >= 4 is 29.1 Å². The molecule has 0 aliphatic carbocycles. The molecule has 0 saturated carbocycles. The first-order valence-electron chi connectivity index (χ1n) is 9.91. The average molecular weight is 431 g/mol. The summed E-state index contributed by atoms with van der Waals surface area (Å²) in [5.41, 5.74) is 1.55.